The number of carbonyl (C=O) groups is 2. The normalized spacial score (nSPS) is 19.9. The number of halogens is 5. The molecule has 1 heterocycles. The van der Waals surface area contributed by atoms with E-state index in [2.05, 4.69) is 10.6 Å². The van der Waals surface area contributed by atoms with Crippen LogP contribution in [0.3, 0.4) is 0 Å². The highest BCUT2D eigenvalue weighted by Gasteiger charge is 2.43. The van der Waals surface area contributed by atoms with Gasteiger partial charge in [-0.05, 0) is 48.6 Å². The van der Waals surface area contributed by atoms with Crippen molar-refractivity contribution in [2.75, 3.05) is 5.32 Å². The van der Waals surface area contributed by atoms with Gasteiger partial charge in [-0.15, -0.1) is 0 Å². The quantitative estimate of drug-likeness (QED) is 0.446. The van der Waals surface area contributed by atoms with Crippen LogP contribution in [-0.4, -0.2) is 11.7 Å². The van der Waals surface area contributed by atoms with Gasteiger partial charge in [-0.25, -0.2) is 0 Å². The first-order valence-electron chi connectivity index (χ1n) is 10.9. The van der Waals surface area contributed by atoms with E-state index in [1.807, 2.05) is 13.8 Å². The average Bonchev–Trinajstić information content (AvgIpc) is 2.71. The van der Waals surface area contributed by atoms with E-state index in [0.717, 1.165) is 6.07 Å². The maximum absolute atomic E-state index is 13.5. The fraction of sp³-hybridized carbons (Fsp3) is 0.308. The topological polar surface area (TPSA) is 58.2 Å². The van der Waals surface area contributed by atoms with Crippen molar-refractivity contribution in [3.63, 3.8) is 0 Å². The fourth-order valence-corrected chi connectivity index (χ4v) is 5.33. The first kappa shape index (κ1) is 25.3. The Hall–Kier alpha value is -2.77. The number of amides is 1. The van der Waals surface area contributed by atoms with E-state index in [1.165, 1.54) is 24.3 Å². The number of Topliss-reactive ketones (excluding diaryl/α,β-unsaturated/α-hetero) is 1. The molecule has 0 unspecified atom stereocenters. The highest BCUT2D eigenvalue weighted by Crippen LogP contribution is 2.48. The minimum absolute atomic E-state index is 0.123. The molecular formula is C26H23Cl2F3N2O2. The standard InChI is InChI=1S/C26H23Cl2F3N2O2/c1-13-21(24(35)33-18-7-5-4-6-16(18)26(29,30)31)22(15-9-8-14(27)10-17(15)28)23-19(32-13)11-25(2,3)12-20(23)34/h4-10,22,32H,11-12H2,1-3H3,(H,33,35)/t22-/m0/s1. The molecule has 1 aliphatic heterocycles. The van der Waals surface area contributed by atoms with Gasteiger partial charge in [-0.2, -0.15) is 13.2 Å². The summed E-state index contributed by atoms with van der Waals surface area (Å²) in [6.45, 7) is 5.63. The Morgan fingerprint density at radius 1 is 1.11 bits per heavy atom. The Balaban J connectivity index is 1.84. The predicted molar refractivity (Wildman–Crippen MR) is 130 cm³/mol. The molecule has 2 N–H and O–H groups in total. The molecule has 0 saturated carbocycles. The minimum Gasteiger partial charge on any atom is -0.362 e. The molecule has 1 atom stereocenters. The van der Waals surface area contributed by atoms with Gasteiger partial charge in [0.25, 0.3) is 5.91 Å². The number of dihydropyridines is 1. The largest absolute Gasteiger partial charge is 0.418 e. The van der Waals surface area contributed by atoms with Crippen LogP contribution in [0.4, 0.5) is 18.9 Å². The first-order chi connectivity index (χ1) is 16.3. The summed E-state index contributed by atoms with van der Waals surface area (Å²) in [7, 11) is 0. The van der Waals surface area contributed by atoms with Crippen LogP contribution in [0, 0.1) is 5.41 Å². The number of alkyl halides is 3. The summed E-state index contributed by atoms with van der Waals surface area (Å²) in [5, 5.41) is 6.23. The van der Waals surface area contributed by atoms with Crippen LogP contribution in [0.1, 0.15) is 50.7 Å². The second kappa shape index (κ2) is 9.03. The molecule has 184 valence electrons. The number of anilines is 1. The molecule has 0 bridgehead atoms. The molecule has 0 saturated heterocycles. The van der Waals surface area contributed by atoms with Gasteiger partial charge in [0.2, 0.25) is 0 Å². The van der Waals surface area contributed by atoms with Crippen molar-refractivity contribution in [3.05, 3.63) is 86.2 Å². The molecule has 1 amide bonds. The minimum atomic E-state index is -4.66. The van der Waals surface area contributed by atoms with Crippen molar-refractivity contribution < 1.29 is 22.8 Å². The Morgan fingerprint density at radius 3 is 2.46 bits per heavy atom. The maximum Gasteiger partial charge on any atom is 0.418 e. The summed E-state index contributed by atoms with van der Waals surface area (Å²) in [4.78, 5) is 26.9. The Bertz CT molecular complexity index is 1300. The van der Waals surface area contributed by atoms with Crippen LogP contribution < -0.4 is 10.6 Å². The Kier molecular flexibility index (Phi) is 6.53. The first-order valence-corrected chi connectivity index (χ1v) is 11.7. The molecule has 2 aromatic rings. The van der Waals surface area contributed by atoms with Crippen molar-refractivity contribution in [2.45, 2.75) is 45.7 Å². The number of ketones is 1. The van der Waals surface area contributed by atoms with E-state index in [4.69, 9.17) is 23.2 Å². The third-order valence-electron chi connectivity index (χ3n) is 6.24. The fourth-order valence-electron chi connectivity index (χ4n) is 4.81. The van der Waals surface area contributed by atoms with Gasteiger partial charge in [0.1, 0.15) is 0 Å². The molecular weight excluding hydrogens is 500 g/mol. The second-order valence-electron chi connectivity index (χ2n) is 9.59. The highest BCUT2D eigenvalue weighted by atomic mass is 35.5. The monoisotopic (exact) mass is 522 g/mol. The second-order valence-corrected chi connectivity index (χ2v) is 10.4. The predicted octanol–water partition coefficient (Wildman–Crippen LogP) is 7.25. The molecule has 2 aliphatic rings. The molecule has 35 heavy (non-hydrogen) atoms. The molecule has 1 aliphatic carbocycles. The van der Waals surface area contributed by atoms with Crippen LogP contribution in [-0.2, 0) is 15.8 Å². The van der Waals surface area contributed by atoms with Crippen LogP contribution >= 0.6 is 23.2 Å². The van der Waals surface area contributed by atoms with E-state index in [0.29, 0.717) is 34.0 Å². The number of rotatable bonds is 3. The SMILES string of the molecule is CC1=C(C(=O)Nc2ccccc2C(F)(F)F)[C@H](c2ccc(Cl)cc2Cl)C2=C(CC(C)(C)CC2=O)N1. The van der Waals surface area contributed by atoms with Gasteiger partial charge in [0.15, 0.2) is 5.78 Å². The van der Waals surface area contributed by atoms with Crippen LogP contribution in [0.15, 0.2) is 65.0 Å². The lowest BCUT2D eigenvalue weighted by Crippen LogP contribution is -2.39. The number of hydrogen-bond donors (Lipinski definition) is 2. The lowest BCUT2D eigenvalue weighted by Gasteiger charge is -2.40. The van der Waals surface area contributed by atoms with Gasteiger partial charge >= 0.3 is 6.18 Å². The average molecular weight is 523 g/mol. The van der Waals surface area contributed by atoms with E-state index in [1.54, 1.807) is 19.1 Å². The molecule has 0 spiro atoms. The number of carbonyl (C=O) groups excluding carboxylic acids is 2. The van der Waals surface area contributed by atoms with Crippen LogP contribution in [0.5, 0.6) is 0 Å². The number of para-hydroxylation sites is 1. The molecule has 2 aromatic carbocycles. The van der Waals surface area contributed by atoms with E-state index >= 15 is 0 Å². The highest BCUT2D eigenvalue weighted by molar-refractivity contribution is 6.35. The van der Waals surface area contributed by atoms with Gasteiger partial charge in [-0.3, -0.25) is 9.59 Å². The van der Waals surface area contributed by atoms with E-state index < -0.39 is 23.6 Å². The van der Waals surface area contributed by atoms with Crippen LogP contribution in [0.2, 0.25) is 10.0 Å². The third-order valence-corrected chi connectivity index (χ3v) is 6.80. The Labute approximate surface area is 211 Å². The molecule has 0 radical (unpaired) electrons. The summed E-state index contributed by atoms with van der Waals surface area (Å²) in [6.07, 6.45) is -3.82. The Morgan fingerprint density at radius 2 is 1.80 bits per heavy atom. The van der Waals surface area contributed by atoms with Crippen molar-refractivity contribution in [2.24, 2.45) is 5.41 Å². The zero-order chi connectivity index (χ0) is 25.7. The van der Waals surface area contributed by atoms with Crippen molar-refractivity contribution in [1.29, 1.82) is 0 Å². The van der Waals surface area contributed by atoms with Gasteiger partial charge in [0.05, 0.1) is 11.3 Å². The number of benzene rings is 2. The van der Waals surface area contributed by atoms with Gasteiger partial charge < -0.3 is 10.6 Å². The van der Waals surface area contributed by atoms with Crippen molar-refractivity contribution in [1.82, 2.24) is 5.32 Å². The summed E-state index contributed by atoms with van der Waals surface area (Å²) in [6, 6.07) is 9.51. The number of hydrogen-bond acceptors (Lipinski definition) is 3. The molecule has 4 rings (SSSR count). The third kappa shape index (κ3) is 4.98. The molecule has 9 heteroatoms. The lowest BCUT2D eigenvalue weighted by atomic mass is 9.68. The van der Waals surface area contributed by atoms with E-state index in [9.17, 15) is 22.8 Å². The molecule has 0 aromatic heterocycles. The zero-order valence-corrected chi connectivity index (χ0v) is 20.8. The summed E-state index contributed by atoms with van der Waals surface area (Å²) in [5.41, 5.74) is 0.495. The molecule has 4 nitrogen and oxygen atoms in total. The van der Waals surface area contributed by atoms with Gasteiger partial charge in [-0.1, -0.05) is 55.2 Å². The van der Waals surface area contributed by atoms with Gasteiger partial charge in [0, 0.05) is 44.9 Å². The summed E-state index contributed by atoms with van der Waals surface area (Å²) >= 11 is 12.6. The lowest BCUT2D eigenvalue weighted by molar-refractivity contribution is -0.137. The molecule has 0 fully saturated rings. The number of allylic oxidation sites excluding steroid dienone is 3. The smallest absolute Gasteiger partial charge is 0.362 e. The maximum atomic E-state index is 13.5. The van der Waals surface area contributed by atoms with Crippen molar-refractivity contribution >= 4 is 40.6 Å². The summed E-state index contributed by atoms with van der Waals surface area (Å²) < 4.78 is 40.6. The van der Waals surface area contributed by atoms with E-state index in [-0.39, 0.29) is 33.9 Å². The summed E-state index contributed by atoms with van der Waals surface area (Å²) in [5.74, 6) is -1.77. The zero-order valence-electron chi connectivity index (χ0n) is 19.2. The number of nitrogens with one attached hydrogen (secondary N) is 2. The van der Waals surface area contributed by atoms with Crippen LogP contribution in [0.25, 0.3) is 0 Å². The van der Waals surface area contributed by atoms with Crippen molar-refractivity contribution in [3.8, 4) is 0 Å².